The number of nitrogens with zero attached hydrogens (tertiary/aromatic N) is 3. The summed E-state index contributed by atoms with van der Waals surface area (Å²) in [7, 11) is -4.53. The lowest BCUT2D eigenvalue weighted by molar-refractivity contribution is -0.256. The molecule has 16 heteroatoms. The van der Waals surface area contributed by atoms with E-state index in [4.69, 9.17) is 5.73 Å². The third-order valence-electron chi connectivity index (χ3n) is 7.07. The van der Waals surface area contributed by atoms with Gasteiger partial charge in [-0.05, 0) is 73.5 Å². The maximum atomic E-state index is 14.4. The number of amides is 2. The van der Waals surface area contributed by atoms with E-state index >= 15 is 0 Å². The fourth-order valence-corrected chi connectivity index (χ4v) is 6.32. The van der Waals surface area contributed by atoms with Gasteiger partial charge in [-0.1, -0.05) is 13.0 Å². The van der Waals surface area contributed by atoms with Gasteiger partial charge in [-0.3, -0.25) is 9.59 Å². The molecule has 246 valence electrons. The molecule has 0 radical (unpaired) electrons. The fraction of sp³-hybridized carbons (Fsp3) is 0.300. The predicted octanol–water partition coefficient (Wildman–Crippen LogP) is 3.49. The second kappa shape index (κ2) is 13.4. The standard InChI is InChI=1S/C30H32F4N6O5S/c1-3-11-39(46(44,45)23-9-7-21(31)8-10-23)18-29(43,30(32,33)34)17-37-25-12-19(2)13-26-24(25)15-38-40(26)22-6-4-5-20(14-22)28(42)36-16-27(35)41/h4-10,12-15,37,43H,3,11,16-18H2,1-2H3,(H2,35,41)(H,36,42). The van der Waals surface area contributed by atoms with E-state index in [1.807, 2.05) is 0 Å². The van der Waals surface area contributed by atoms with E-state index < -0.39 is 57.4 Å². The van der Waals surface area contributed by atoms with Crippen molar-refractivity contribution in [1.29, 1.82) is 0 Å². The molecule has 4 rings (SSSR count). The molecule has 1 aromatic heterocycles. The van der Waals surface area contributed by atoms with Gasteiger partial charge >= 0.3 is 6.18 Å². The van der Waals surface area contributed by atoms with Crippen LogP contribution in [0.4, 0.5) is 23.2 Å². The molecule has 0 fully saturated rings. The zero-order valence-corrected chi connectivity index (χ0v) is 25.6. The lowest BCUT2D eigenvalue weighted by Crippen LogP contribution is -2.58. The summed E-state index contributed by atoms with van der Waals surface area (Å²) < 4.78 is 85.2. The molecule has 1 atom stereocenters. The van der Waals surface area contributed by atoms with Crippen molar-refractivity contribution >= 4 is 38.4 Å². The van der Waals surface area contributed by atoms with Crippen LogP contribution in [0.3, 0.4) is 0 Å². The van der Waals surface area contributed by atoms with Crippen LogP contribution >= 0.6 is 0 Å². The Hall–Kier alpha value is -4.54. The molecule has 0 bridgehead atoms. The SMILES string of the molecule is CCCN(CC(O)(CNc1cc(C)cc2c1cnn2-c1cccc(C(=O)NCC(N)=O)c1)C(F)(F)F)S(=O)(=O)c1ccc(F)cc1. The van der Waals surface area contributed by atoms with Gasteiger partial charge in [-0.15, -0.1) is 0 Å². The zero-order chi connectivity index (χ0) is 33.9. The Bertz CT molecular complexity index is 1850. The number of aromatic nitrogens is 2. The van der Waals surface area contributed by atoms with Gasteiger partial charge < -0.3 is 21.5 Å². The Morgan fingerprint density at radius 1 is 1.09 bits per heavy atom. The van der Waals surface area contributed by atoms with Gasteiger partial charge in [0.25, 0.3) is 5.91 Å². The van der Waals surface area contributed by atoms with Crippen LogP contribution in [0, 0.1) is 12.7 Å². The summed E-state index contributed by atoms with van der Waals surface area (Å²) in [5.41, 5.74) is 3.45. The van der Waals surface area contributed by atoms with Crippen molar-refractivity contribution in [2.24, 2.45) is 5.73 Å². The first kappa shape index (κ1) is 34.3. The number of hydrogen-bond donors (Lipinski definition) is 4. The largest absolute Gasteiger partial charge is 0.420 e. The number of halogens is 4. The first-order valence-corrected chi connectivity index (χ1v) is 15.4. The van der Waals surface area contributed by atoms with Gasteiger partial charge in [0, 0.05) is 23.2 Å². The summed E-state index contributed by atoms with van der Waals surface area (Å²) in [6, 6.07) is 13.2. The van der Waals surface area contributed by atoms with E-state index in [2.05, 4.69) is 15.7 Å². The van der Waals surface area contributed by atoms with Crippen molar-refractivity contribution in [3.8, 4) is 5.69 Å². The number of rotatable bonds is 13. The first-order chi connectivity index (χ1) is 21.6. The molecule has 2 amide bonds. The van der Waals surface area contributed by atoms with Gasteiger partial charge in [0.05, 0.1) is 41.9 Å². The number of anilines is 1. The summed E-state index contributed by atoms with van der Waals surface area (Å²) in [5, 5.41) is 20.8. The maximum Gasteiger partial charge on any atom is 0.420 e. The van der Waals surface area contributed by atoms with Crippen molar-refractivity contribution in [3.05, 3.63) is 83.8 Å². The van der Waals surface area contributed by atoms with Crippen molar-refractivity contribution in [2.75, 3.05) is 31.5 Å². The Kier molecular flexibility index (Phi) is 10.0. The Balaban J connectivity index is 1.65. The number of primary amides is 1. The van der Waals surface area contributed by atoms with E-state index in [0.29, 0.717) is 26.5 Å². The van der Waals surface area contributed by atoms with Crippen molar-refractivity contribution in [1.82, 2.24) is 19.4 Å². The van der Waals surface area contributed by atoms with Gasteiger partial charge in [0.2, 0.25) is 15.9 Å². The second-order valence-electron chi connectivity index (χ2n) is 10.7. The Labute approximate surface area is 262 Å². The van der Waals surface area contributed by atoms with Gasteiger partial charge in [-0.25, -0.2) is 17.5 Å². The van der Waals surface area contributed by atoms with E-state index in [1.54, 1.807) is 38.1 Å². The molecule has 3 aromatic carbocycles. The summed E-state index contributed by atoms with van der Waals surface area (Å²) in [4.78, 5) is 23.1. The molecule has 0 aliphatic rings. The number of alkyl halides is 3. The smallest absolute Gasteiger partial charge is 0.381 e. The Morgan fingerprint density at radius 3 is 2.41 bits per heavy atom. The van der Waals surface area contributed by atoms with Gasteiger partial charge in [0.1, 0.15) is 5.82 Å². The molecule has 46 heavy (non-hydrogen) atoms. The first-order valence-electron chi connectivity index (χ1n) is 14.0. The maximum absolute atomic E-state index is 14.4. The average Bonchev–Trinajstić information content (AvgIpc) is 3.42. The number of aryl methyl sites for hydroxylation is 1. The van der Waals surface area contributed by atoms with Crippen LogP contribution in [0.25, 0.3) is 16.6 Å². The molecule has 0 spiro atoms. The highest BCUT2D eigenvalue weighted by molar-refractivity contribution is 7.89. The minimum absolute atomic E-state index is 0.146. The summed E-state index contributed by atoms with van der Waals surface area (Å²) in [6.07, 6.45) is -3.72. The van der Waals surface area contributed by atoms with Crippen molar-refractivity contribution < 1.29 is 40.7 Å². The number of fused-ring (bicyclic) bond motifs is 1. The second-order valence-corrected chi connectivity index (χ2v) is 12.6. The molecule has 1 heterocycles. The number of nitrogens with two attached hydrogens (primary N) is 1. The lowest BCUT2D eigenvalue weighted by atomic mass is 10.0. The zero-order valence-electron chi connectivity index (χ0n) is 24.8. The number of benzene rings is 3. The molecule has 0 saturated heterocycles. The van der Waals surface area contributed by atoms with Crippen LogP contribution < -0.4 is 16.4 Å². The monoisotopic (exact) mass is 664 g/mol. The number of aliphatic hydroxyl groups is 1. The van der Waals surface area contributed by atoms with Crippen molar-refractivity contribution in [3.63, 3.8) is 0 Å². The van der Waals surface area contributed by atoms with Crippen molar-refractivity contribution in [2.45, 2.75) is 36.9 Å². The normalized spacial score (nSPS) is 13.5. The highest BCUT2D eigenvalue weighted by Crippen LogP contribution is 2.35. The molecule has 11 nitrogen and oxygen atoms in total. The average molecular weight is 665 g/mol. The summed E-state index contributed by atoms with van der Waals surface area (Å²) in [6.45, 7) is 0.136. The molecule has 5 N–H and O–H groups in total. The predicted molar refractivity (Wildman–Crippen MR) is 162 cm³/mol. The molecular formula is C30H32F4N6O5S. The molecule has 0 aliphatic heterocycles. The third-order valence-corrected chi connectivity index (χ3v) is 8.93. The van der Waals surface area contributed by atoms with E-state index in [9.17, 15) is 40.7 Å². The summed E-state index contributed by atoms with van der Waals surface area (Å²) >= 11 is 0. The van der Waals surface area contributed by atoms with Crippen LogP contribution in [-0.4, -0.2) is 77.4 Å². The number of carbonyl (C=O) groups excluding carboxylic acids is 2. The van der Waals surface area contributed by atoms with Crippen LogP contribution in [-0.2, 0) is 14.8 Å². The van der Waals surface area contributed by atoms with Crippen LogP contribution in [0.1, 0.15) is 29.3 Å². The third kappa shape index (κ3) is 7.46. The topological polar surface area (TPSA) is 160 Å². The quantitative estimate of drug-likeness (QED) is 0.159. The minimum Gasteiger partial charge on any atom is -0.381 e. The van der Waals surface area contributed by atoms with Crippen LogP contribution in [0.2, 0.25) is 0 Å². The number of carbonyl (C=O) groups is 2. The summed E-state index contributed by atoms with van der Waals surface area (Å²) in [5.74, 6) is -1.99. The number of nitrogens with one attached hydrogen (secondary N) is 2. The van der Waals surface area contributed by atoms with E-state index in [0.717, 1.165) is 24.3 Å². The highest BCUT2D eigenvalue weighted by Gasteiger charge is 2.55. The molecule has 1 unspecified atom stereocenters. The Morgan fingerprint density at radius 2 is 1.78 bits per heavy atom. The van der Waals surface area contributed by atoms with Crippen LogP contribution in [0.15, 0.2) is 71.8 Å². The van der Waals surface area contributed by atoms with Gasteiger partial charge in [0.15, 0.2) is 5.60 Å². The van der Waals surface area contributed by atoms with E-state index in [1.165, 1.54) is 23.0 Å². The van der Waals surface area contributed by atoms with Crippen LogP contribution in [0.5, 0.6) is 0 Å². The number of hydrogen-bond acceptors (Lipinski definition) is 7. The molecule has 4 aromatic rings. The minimum atomic E-state index is -5.26. The molecular weight excluding hydrogens is 632 g/mol. The molecule has 0 aliphatic carbocycles. The molecule has 0 saturated carbocycles. The highest BCUT2D eigenvalue weighted by atomic mass is 32.2. The number of sulfonamides is 1. The lowest BCUT2D eigenvalue weighted by Gasteiger charge is -2.35. The fourth-order valence-electron chi connectivity index (χ4n) is 4.74. The van der Waals surface area contributed by atoms with E-state index in [-0.39, 0.29) is 30.8 Å². The van der Waals surface area contributed by atoms with Gasteiger partial charge in [-0.2, -0.15) is 22.6 Å².